The number of nitrogens with zero attached hydrogens (tertiary/aromatic N) is 4. The summed E-state index contributed by atoms with van der Waals surface area (Å²) in [6, 6.07) is 7.93. The lowest BCUT2D eigenvalue weighted by molar-refractivity contribution is 0.259. The molecule has 1 N–H and O–H groups in total. The Kier molecular flexibility index (Phi) is 8.53. The maximum absolute atomic E-state index is 6.80. The molecule has 0 spiro atoms. The molecule has 0 radical (unpaired) electrons. The monoisotopic (exact) mass is 487 g/mol. The van der Waals surface area contributed by atoms with E-state index in [0.717, 1.165) is 27.8 Å². The number of aliphatic imine (C=N–C) groups is 1. The summed E-state index contributed by atoms with van der Waals surface area (Å²) in [5.74, 6) is 1.66. The zero-order valence-electron chi connectivity index (χ0n) is 21.0. The van der Waals surface area contributed by atoms with Crippen molar-refractivity contribution in [2.24, 2.45) is 4.99 Å². The first kappa shape index (κ1) is 25.7. The van der Waals surface area contributed by atoms with E-state index in [9.17, 15) is 0 Å². The summed E-state index contributed by atoms with van der Waals surface area (Å²) < 4.78 is 6.80. The zero-order valence-corrected chi connectivity index (χ0v) is 22.7. The van der Waals surface area contributed by atoms with Crippen LogP contribution in [0.3, 0.4) is 0 Å². The lowest BCUT2D eigenvalue weighted by Crippen LogP contribution is -2.49. The second kappa shape index (κ2) is 11.0. The molecule has 0 saturated heterocycles. The van der Waals surface area contributed by atoms with E-state index < -0.39 is 8.32 Å². The van der Waals surface area contributed by atoms with Crippen molar-refractivity contribution >= 4 is 37.8 Å². The van der Waals surface area contributed by atoms with Gasteiger partial charge in [-0.05, 0) is 34.3 Å². The highest BCUT2D eigenvalue weighted by Gasteiger charge is 2.45. The van der Waals surface area contributed by atoms with E-state index in [1.165, 1.54) is 0 Å². The molecule has 180 valence electrons. The number of anilines is 2. The molecule has 0 amide bonds. The van der Waals surface area contributed by atoms with Gasteiger partial charge in [-0.1, -0.05) is 65.3 Å². The normalized spacial score (nSPS) is 16.2. The van der Waals surface area contributed by atoms with Gasteiger partial charge in [-0.3, -0.25) is 4.99 Å². The van der Waals surface area contributed by atoms with E-state index in [4.69, 9.17) is 21.0 Å². The topological polar surface area (TPSA) is 62.6 Å². The van der Waals surface area contributed by atoms with Gasteiger partial charge in [-0.15, -0.1) is 0 Å². The summed E-state index contributed by atoms with van der Waals surface area (Å²) in [6.45, 7) is 15.9. The fourth-order valence-electron chi connectivity index (χ4n) is 5.18. The molecule has 0 aliphatic carbocycles. The fourth-order valence-corrected chi connectivity index (χ4v) is 10.8. The number of hydrogen-bond donors (Lipinski definition) is 1. The first-order valence-electron chi connectivity index (χ1n) is 11.9. The minimum atomic E-state index is -1.93. The highest BCUT2D eigenvalue weighted by Crippen LogP contribution is 2.42. The number of aromatic nitrogens is 2. The SMILES string of the molecule is CC(C)[Si](OC[C@@H]1CNc2ncnc(N(C)Cc3ccc(Cl)cc3)c2C=N1)(C(C)C)C(C)C. The van der Waals surface area contributed by atoms with Crippen molar-refractivity contribution in [2.45, 2.75) is 70.8 Å². The van der Waals surface area contributed by atoms with Crippen molar-refractivity contribution in [2.75, 3.05) is 30.4 Å². The maximum Gasteiger partial charge on any atom is 0.200 e. The summed E-state index contributed by atoms with van der Waals surface area (Å²) in [5, 5.41) is 4.22. The molecule has 0 unspecified atom stereocenters. The Balaban J connectivity index is 1.76. The number of halogens is 1. The van der Waals surface area contributed by atoms with Gasteiger partial charge in [0.05, 0.1) is 18.2 Å². The van der Waals surface area contributed by atoms with E-state index in [2.05, 4.69) is 61.7 Å². The van der Waals surface area contributed by atoms with Crippen LogP contribution >= 0.6 is 11.6 Å². The van der Waals surface area contributed by atoms with E-state index in [1.807, 2.05) is 37.5 Å². The number of benzene rings is 1. The van der Waals surface area contributed by atoms with E-state index >= 15 is 0 Å². The molecule has 6 nitrogen and oxygen atoms in total. The smallest absolute Gasteiger partial charge is 0.200 e. The average Bonchev–Trinajstić information content (AvgIpc) is 2.97. The summed E-state index contributed by atoms with van der Waals surface area (Å²) in [6.07, 6.45) is 3.53. The van der Waals surface area contributed by atoms with Crippen LogP contribution in [-0.2, 0) is 11.0 Å². The number of nitrogens with one attached hydrogen (secondary N) is 1. The Labute approximate surface area is 205 Å². The Bertz CT molecular complexity index is 927. The Morgan fingerprint density at radius 2 is 1.70 bits per heavy atom. The van der Waals surface area contributed by atoms with Crippen molar-refractivity contribution < 1.29 is 4.43 Å². The third-order valence-corrected chi connectivity index (χ3v) is 13.0. The van der Waals surface area contributed by atoms with Gasteiger partial charge in [0.25, 0.3) is 0 Å². The summed E-state index contributed by atoms with van der Waals surface area (Å²) in [7, 11) is 0.101. The average molecular weight is 488 g/mol. The van der Waals surface area contributed by atoms with Crippen molar-refractivity contribution in [3.63, 3.8) is 0 Å². The molecule has 8 heteroatoms. The van der Waals surface area contributed by atoms with Gasteiger partial charge in [-0.2, -0.15) is 0 Å². The Morgan fingerprint density at radius 1 is 1.06 bits per heavy atom. The maximum atomic E-state index is 6.80. The van der Waals surface area contributed by atoms with Crippen LogP contribution in [0.2, 0.25) is 21.6 Å². The largest absolute Gasteiger partial charge is 0.414 e. The highest BCUT2D eigenvalue weighted by molar-refractivity contribution is 6.77. The van der Waals surface area contributed by atoms with Gasteiger partial charge in [0, 0.05) is 31.4 Å². The van der Waals surface area contributed by atoms with Gasteiger partial charge in [0.2, 0.25) is 0 Å². The molecular formula is C25H38ClN5OSi. The molecule has 1 aromatic heterocycles. The van der Waals surface area contributed by atoms with Crippen LogP contribution < -0.4 is 10.2 Å². The highest BCUT2D eigenvalue weighted by atomic mass is 35.5. The van der Waals surface area contributed by atoms with Crippen LogP contribution in [0, 0.1) is 0 Å². The molecular weight excluding hydrogens is 450 g/mol. The third-order valence-electron chi connectivity index (χ3n) is 6.71. The molecule has 0 bridgehead atoms. The first-order chi connectivity index (χ1) is 15.6. The Hall–Kier alpha value is -1.96. The minimum Gasteiger partial charge on any atom is -0.414 e. The molecule has 1 aliphatic heterocycles. The zero-order chi connectivity index (χ0) is 24.2. The molecule has 2 heterocycles. The fraction of sp³-hybridized carbons (Fsp3) is 0.560. The van der Waals surface area contributed by atoms with Crippen LogP contribution in [-0.4, -0.2) is 50.7 Å². The molecule has 1 atom stereocenters. The van der Waals surface area contributed by atoms with E-state index in [1.54, 1.807) is 6.33 Å². The number of rotatable bonds is 9. The van der Waals surface area contributed by atoms with Crippen molar-refractivity contribution in [1.82, 2.24) is 9.97 Å². The second-order valence-electron chi connectivity index (χ2n) is 9.88. The van der Waals surface area contributed by atoms with Crippen LogP contribution in [0.15, 0.2) is 35.6 Å². The molecule has 0 fully saturated rings. The van der Waals surface area contributed by atoms with Crippen LogP contribution in [0.1, 0.15) is 52.7 Å². The summed E-state index contributed by atoms with van der Waals surface area (Å²) in [4.78, 5) is 16.0. The van der Waals surface area contributed by atoms with Gasteiger partial charge in [0.15, 0.2) is 8.32 Å². The van der Waals surface area contributed by atoms with Gasteiger partial charge in [-0.25, -0.2) is 9.97 Å². The van der Waals surface area contributed by atoms with Crippen LogP contribution in [0.25, 0.3) is 0 Å². The molecule has 1 aliphatic rings. The molecule has 3 rings (SSSR count). The predicted octanol–water partition coefficient (Wildman–Crippen LogP) is 6.17. The minimum absolute atomic E-state index is 0.0387. The molecule has 1 aromatic carbocycles. The van der Waals surface area contributed by atoms with Crippen molar-refractivity contribution in [3.05, 3.63) is 46.7 Å². The number of hydrogen-bond acceptors (Lipinski definition) is 6. The van der Waals surface area contributed by atoms with Gasteiger partial charge in [0.1, 0.15) is 18.0 Å². The summed E-state index contributed by atoms with van der Waals surface area (Å²) >= 11 is 6.03. The first-order valence-corrected chi connectivity index (χ1v) is 14.4. The van der Waals surface area contributed by atoms with Gasteiger partial charge < -0.3 is 14.6 Å². The third kappa shape index (κ3) is 5.76. The lowest BCUT2D eigenvalue weighted by atomic mass is 10.2. The van der Waals surface area contributed by atoms with Crippen molar-refractivity contribution in [1.29, 1.82) is 0 Å². The lowest BCUT2D eigenvalue weighted by Gasteiger charge is -2.42. The molecule has 0 saturated carbocycles. The molecule has 33 heavy (non-hydrogen) atoms. The summed E-state index contributed by atoms with van der Waals surface area (Å²) in [5.41, 5.74) is 3.73. The predicted molar refractivity (Wildman–Crippen MR) is 142 cm³/mol. The van der Waals surface area contributed by atoms with Gasteiger partial charge >= 0.3 is 0 Å². The van der Waals surface area contributed by atoms with Crippen molar-refractivity contribution in [3.8, 4) is 0 Å². The second-order valence-corrected chi connectivity index (χ2v) is 15.8. The van der Waals surface area contributed by atoms with Crippen LogP contribution in [0.4, 0.5) is 11.6 Å². The Morgan fingerprint density at radius 3 is 2.30 bits per heavy atom. The van der Waals surface area contributed by atoms with E-state index in [-0.39, 0.29) is 6.04 Å². The quantitative estimate of drug-likeness (QED) is 0.428. The standard InChI is InChI=1S/C25H38ClN5OSi/c1-17(2)33(18(3)4,19(5)6)32-15-22-12-28-24-23(13-27-22)25(30-16-29-24)31(7)14-20-8-10-21(26)11-9-20/h8-11,13,16-19,22H,12,14-15H2,1-7H3,(H,28,29,30)/t22-/m0/s1. The number of fused-ring (bicyclic) bond motifs is 1. The van der Waals surface area contributed by atoms with Crippen LogP contribution in [0.5, 0.6) is 0 Å². The van der Waals surface area contributed by atoms with E-state index in [0.29, 0.717) is 36.3 Å². The molecule has 2 aromatic rings.